The van der Waals surface area contributed by atoms with E-state index in [9.17, 15) is 4.79 Å². The number of hydrogen-bond donors (Lipinski definition) is 0. The molecule has 0 aliphatic carbocycles. The van der Waals surface area contributed by atoms with Gasteiger partial charge in [-0.3, -0.25) is 4.79 Å². The fourth-order valence-electron chi connectivity index (χ4n) is 3.21. The Balaban J connectivity index is 1.33. The van der Waals surface area contributed by atoms with Crippen molar-refractivity contribution in [2.24, 2.45) is 0 Å². The van der Waals surface area contributed by atoms with E-state index in [1.165, 1.54) is 0 Å². The third-order valence-corrected chi connectivity index (χ3v) is 5.33. The highest BCUT2D eigenvalue weighted by Crippen LogP contribution is 2.37. The average molecular weight is 441 g/mol. The van der Waals surface area contributed by atoms with Crippen molar-refractivity contribution < 1.29 is 23.7 Å². The summed E-state index contributed by atoms with van der Waals surface area (Å²) >= 11 is 12.1. The van der Waals surface area contributed by atoms with Crippen molar-refractivity contribution >= 4 is 35.1 Å². The number of ether oxygens (including phenoxy) is 4. The highest BCUT2D eigenvalue weighted by Gasteiger charge is 2.28. The van der Waals surface area contributed by atoms with Gasteiger partial charge in [-0.2, -0.15) is 0 Å². The maximum atomic E-state index is 12.7. The molecule has 0 aromatic heterocycles. The highest BCUT2D eigenvalue weighted by atomic mass is 35.5. The van der Waals surface area contributed by atoms with Crippen LogP contribution in [-0.4, -0.2) is 12.6 Å². The molecule has 0 saturated heterocycles. The van der Waals surface area contributed by atoms with Gasteiger partial charge in [-0.1, -0.05) is 35.3 Å². The van der Waals surface area contributed by atoms with Crippen molar-refractivity contribution in [1.82, 2.24) is 0 Å². The molecule has 0 N–H and O–H groups in total. The van der Waals surface area contributed by atoms with Crippen molar-refractivity contribution in [1.29, 1.82) is 0 Å². The monoisotopic (exact) mass is 440 g/mol. The molecule has 3 aromatic carbocycles. The van der Waals surface area contributed by atoms with E-state index < -0.39 is 0 Å². The minimum atomic E-state index is -0.185. The summed E-state index contributed by atoms with van der Waals surface area (Å²) in [5.41, 5.74) is 2.07. The Morgan fingerprint density at radius 1 is 0.933 bits per heavy atom. The van der Waals surface area contributed by atoms with Gasteiger partial charge in [-0.15, -0.1) is 0 Å². The van der Waals surface area contributed by atoms with E-state index in [0.717, 1.165) is 11.1 Å². The van der Waals surface area contributed by atoms with E-state index in [0.29, 0.717) is 38.6 Å². The summed E-state index contributed by atoms with van der Waals surface area (Å²) in [4.78, 5) is 12.7. The lowest BCUT2D eigenvalue weighted by atomic mass is 10.1. The number of carbonyl (C=O) groups excluding carboxylic acids is 1. The Hall–Kier alpha value is -3.15. The Bertz CT molecular complexity index is 1200. The third-order valence-electron chi connectivity index (χ3n) is 4.75. The molecule has 0 bridgehead atoms. The number of Topliss-reactive ketones (excluding diaryl/α,β-unsaturated/α-hetero) is 1. The van der Waals surface area contributed by atoms with Gasteiger partial charge in [-0.05, 0) is 48.0 Å². The van der Waals surface area contributed by atoms with Crippen LogP contribution in [0.5, 0.6) is 23.0 Å². The Labute approximate surface area is 182 Å². The van der Waals surface area contributed by atoms with Gasteiger partial charge in [0.1, 0.15) is 18.1 Å². The number of rotatable bonds is 4. The first kappa shape index (κ1) is 18.9. The van der Waals surface area contributed by atoms with Gasteiger partial charge < -0.3 is 18.9 Å². The number of halogens is 2. The van der Waals surface area contributed by atoms with E-state index in [1.807, 2.05) is 12.1 Å². The quantitative estimate of drug-likeness (QED) is 0.471. The van der Waals surface area contributed by atoms with Crippen LogP contribution in [0.3, 0.4) is 0 Å². The molecule has 30 heavy (non-hydrogen) atoms. The van der Waals surface area contributed by atoms with Crippen molar-refractivity contribution in [2.45, 2.75) is 6.61 Å². The highest BCUT2D eigenvalue weighted by molar-refractivity contribution is 6.35. The summed E-state index contributed by atoms with van der Waals surface area (Å²) in [5, 5.41) is 1.10. The fraction of sp³-hybridized carbons (Fsp3) is 0.0870. The van der Waals surface area contributed by atoms with Gasteiger partial charge in [-0.25, -0.2) is 0 Å². The van der Waals surface area contributed by atoms with Crippen LogP contribution < -0.4 is 18.9 Å². The van der Waals surface area contributed by atoms with E-state index in [4.69, 9.17) is 42.1 Å². The van der Waals surface area contributed by atoms with Crippen molar-refractivity contribution in [3.05, 3.63) is 87.1 Å². The second kappa shape index (κ2) is 7.59. The minimum absolute atomic E-state index is 0.185. The first-order valence-corrected chi connectivity index (χ1v) is 9.87. The molecule has 5 nitrogen and oxygen atoms in total. The molecule has 0 saturated carbocycles. The van der Waals surface area contributed by atoms with E-state index in [-0.39, 0.29) is 24.9 Å². The zero-order valence-electron chi connectivity index (χ0n) is 15.5. The molecule has 2 aliphatic heterocycles. The molecule has 0 atom stereocenters. The number of benzene rings is 3. The maximum absolute atomic E-state index is 12.7. The van der Waals surface area contributed by atoms with Crippen molar-refractivity contribution in [2.75, 3.05) is 6.79 Å². The van der Waals surface area contributed by atoms with Gasteiger partial charge in [0, 0.05) is 21.7 Å². The molecule has 0 amide bonds. The normalized spacial score (nSPS) is 15.3. The summed E-state index contributed by atoms with van der Waals surface area (Å²) in [5.74, 6) is 2.39. The second-order valence-electron chi connectivity index (χ2n) is 6.73. The summed E-state index contributed by atoms with van der Waals surface area (Å²) in [6.07, 6.45) is 1.68. The second-order valence-corrected chi connectivity index (χ2v) is 7.58. The maximum Gasteiger partial charge on any atom is 0.231 e. The van der Waals surface area contributed by atoms with Crippen LogP contribution in [0.25, 0.3) is 6.08 Å². The lowest BCUT2D eigenvalue weighted by molar-refractivity contribution is 0.101. The Morgan fingerprint density at radius 3 is 2.67 bits per heavy atom. The number of hydrogen-bond acceptors (Lipinski definition) is 5. The predicted octanol–water partition coefficient (Wildman–Crippen LogP) is 5.92. The number of carbonyl (C=O) groups is 1. The van der Waals surface area contributed by atoms with Crippen LogP contribution >= 0.6 is 23.2 Å². The molecule has 0 unspecified atom stereocenters. The topological polar surface area (TPSA) is 54.0 Å². The Kier molecular flexibility index (Phi) is 4.77. The molecule has 0 spiro atoms. The van der Waals surface area contributed by atoms with Gasteiger partial charge in [0.05, 0.1) is 5.56 Å². The Morgan fingerprint density at radius 2 is 1.80 bits per heavy atom. The molecular formula is C23H14Cl2O5. The standard InChI is InChI=1S/C23H14Cl2O5/c24-15-3-2-14(18(25)9-15)11-27-16-4-5-17-20(10-16)30-22(23(17)26)8-13-1-6-19-21(7-13)29-12-28-19/h1-10H,11-12H2. The van der Waals surface area contributed by atoms with Gasteiger partial charge in [0.25, 0.3) is 0 Å². The van der Waals surface area contributed by atoms with Crippen LogP contribution in [0.1, 0.15) is 21.5 Å². The van der Waals surface area contributed by atoms with Crippen LogP contribution in [0.2, 0.25) is 10.0 Å². The summed E-state index contributed by atoms with van der Waals surface area (Å²) in [6, 6.07) is 15.8. The van der Waals surface area contributed by atoms with Crippen molar-refractivity contribution in [3.63, 3.8) is 0 Å². The fourth-order valence-corrected chi connectivity index (χ4v) is 3.67. The van der Waals surface area contributed by atoms with Gasteiger partial charge in [0.2, 0.25) is 12.6 Å². The van der Waals surface area contributed by atoms with E-state index in [2.05, 4.69) is 0 Å². The number of fused-ring (bicyclic) bond motifs is 2. The van der Waals surface area contributed by atoms with Gasteiger partial charge >= 0.3 is 0 Å². The first-order valence-electron chi connectivity index (χ1n) is 9.11. The van der Waals surface area contributed by atoms with Crippen molar-refractivity contribution in [3.8, 4) is 23.0 Å². The van der Waals surface area contributed by atoms with E-state index in [1.54, 1.807) is 48.5 Å². The molecule has 150 valence electrons. The molecule has 7 heteroatoms. The summed E-state index contributed by atoms with van der Waals surface area (Å²) in [7, 11) is 0. The van der Waals surface area contributed by atoms with Crippen LogP contribution in [0.4, 0.5) is 0 Å². The zero-order valence-corrected chi connectivity index (χ0v) is 17.0. The molecule has 2 aliphatic rings. The smallest absolute Gasteiger partial charge is 0.231 e. The van der Waals surface area contributed by atoms with Crippen LogP contribution in [-0.2, 0) is 6.61 Å². The SMILES string of the molecule is O=C1C(=Cc2ccc3c(c2)OCO3)Oc2cc(OCc3ccc(Cl)cc3Cl)ccc21. The van der Waals surface area contributed by atoms with Gasteiger partial charge in [0.15, 0.2) is 17.3 Å². The molecule has 3 aromatic rings. The number of allylic oxidation sites excluding steroid dienone is 1. The molecule has 5 rings (SSSR count). The van der Waals surface area contributed by atoms with Crippen LogP contribution in [0, 0.1) is 0 Å². The third kappa shape index (κ3) is 3.58. The number of ketones is 1. The molecular weight excluding hydrogens is 427 g/mol. The average Bonchev–Trinajstić information content (AvgIpc) is 3.31. The summed E-state index contributed by atoms with van der Waals surface area (Å²) < 4.78 is 22.3. The predicted molar refractivity (Wildman–Crippen MR) is 113 cm³/mol. The molecule has 2 heterocycles. The summed E-state index contributed by atoms with van der Waals surface area (Å²) in [6.45, 7) is 0.461. The van der Waals surface area contributed by atoms with E-state index >= 15 is 0 Å². The van der Waals surface area contributed by atoms with Crippen LogP contribution in [0.15, 0.2) is 60.4 Å². The lowest BCUT2D eigenvalue weighted by Crippen LogP contribution is -1.98. The molecule has 0 radical (unpaired) electrons. The zero-order chi connectivity index (χ0) is 20.7. The molecule has 0 fully saturated rings. The minimum Gasteiger partial charge on any atom is -0.489 e. The first-order chi connectivity index (χ1) is 14.6. The lowest BCUT2D eigenvalue weighted by Gasteiger charge is -2.09. The largest absolute Gasteiger partial charge is 0.489 e.